The van der Waals surface area contributed by atoms with Gasteiger partial charge in [-0.1, -0.05) is 12.1 Å². The van der Waals surface area contributed by atoms with Crippen LogP contribution in [0.2, 0.25) is 0 Å². The molecule has 5 heteroatoms. The maximum absolute atomic E-state index is 13.9. The second-order valence-corrected chi connectivity index (χ2v) is 7.00. The van der Waals surface area contributed by atoms with Crippen LogP contribution < -0.4 is 5.73 Å². The van der Waals surface area contributed by atoms with Gasteiger partial charge in [0, 0.05) is 34.1 Å². The molecule has 1 aromatic carbocycles. The summed E-state index contributed by atoms with van der Waals surface area (Å²) in [6.07, 6.45) is 0. The number of benzene rings is 1. The molecule has 0 aromatic heterocycles. The Hall–Kier alpha value is 0.290. The number of halogens is 2. The van der Waals surface area contributed by atoms with E-state index in [-0.39, 0.29) is 11.9 Å². The maximum Gasteiger partial charge on any atom is 0.142 e. The Morgan fingerprint density at radius 2 is 2.25 bits per heavy atom. The minimum Gasteiger partial charge on any atom is -0.323 e. The van der Waals surface area contributed by atoms with Crippen LogP contribution in [0.15, 0.2) is 22.7 Å². The van der Waals surface area contributed by atoms with E-state index < -0.39 is 0 Å². The second-order valence-electron chi connectivity index (χ2n) is 3.65. The Labute approximate surface area is 112 Å². The highest BCUT2D eigenvalue weighted by Crippen LogP contribution is 2.34. The molecular weight excluding hydrogens is 309 g/mol. The summed E-state index contributed by atoms with van der Waals surface area (Å²) in [6, 6.07) is 5.11. The summed E-state index contributed by atoms with van der Waals surface area (Å²) in [4.78, 5) is 0. The van der Waals surface area contributed by atoms with Crippen LogP contribution in [0.5, 0.6) is 0 Å². The molecule has 1 saturated heterocycles. The van der Waals surface area contributed by atoms with Crippen LogP contribution in [0, 0.1) is 5.82 Å². The third-order valence-corrected chi connectivity index (χ3v) is 6.08. The molecule has 1 aromatic rings. The Morgan fingerprint density at radius 1 is 1.44 bits per heavy atom. The summed E-state index contributed by atoms with van der Waals surface area (Å²) in [5.74, 6) is 3.08. The summed E-state index contributed by atoms with van der Waals surface area (Å²) < 4.78 is 14.4. The molecule has 2 N–H and O–H groups in total. The molecule has 0 saturated carbocycles. The van der Waals surface area contributed by atoms with Gasteiger partial charge in [-0.3, -0.25) is 0 Å². The molecular formula is C11H13BrFNS2. The highest BCUT2D eigenvalue weighted by molar-refractivity contribution is 9.10. The normalized spacial score (nSPS) is 23.1. The zero-order valence-corrected chi connectivity index (χ0v) is 11.9. The van der Waals surface area contributed by atoms with E-state index in [9.17, 15) is 4.39 Å². The molecule has 88 valence electrons. The third-order valence-electron chi connectivity index (χ3n) is 2.58. The van der Waals surface area contributed by atoms with Crippen molar-refractivity contribution in [2.24, 2.45) is 5.73 Å². The number of hydrogen-bond donors (Lipinski definition) is 1. The lowest BCUT2D eigenvalue weighted by atomic mass is 10.0. The standard InChI is InChI=1S/C11H13BrFNS2/c12-8-3-1-2-7(10(8)13)11(14)9-6-15-4-5-16-9/h1-3,9,11H,4-6,14H2. The molecule has 0 radical (unpaired) electrons. The molecule has 1 heterocycles. The zero-order chi connectivity index (χ0) is 11.5. The molecule has 0 spiro atoms. The lowest BCUT2D eigenvalue weighted by Gasteiger charge is -2.27. The Balaban J connectivity index is 2.19. The Morgan fingerprint density at radius 3 is 2.94 bits per heavy atom. The van der Waals surface area contributed by atoms with Crippen LogP contribution in [0.25, 0.3) is 0 Å². The van der Waals surface area contributed by atoms with Crippen LogP contribution in [0.4, 0.5) is 4.39 Å². The lowest BCUT2D eigenvalue weighted by molar-refractivity contribution is 0.575. The van der Waals surface area contributed by atoms with Crippen LogP contribution in [-0.2, 0) is 0 Å². The van der Waals surface area contributed by atoms with E-state index in [1.54, 1.807) is 12.1 Å². The fraction of sp³-hybridized carbons (Fsp3) is 0.455. The molecule has 2 atom stereocenters. The highest BCUT2D eigenvalue weighted by Gasteiger charge is 2.25. The van der Waals surface area contributed by atoms with Crippen LogP contribution >= 0.6 is 39.5 Å². The van der Waals surface area contributed by atoms with Crippen LogP contribution in [0.1, 0.15) is 11.6 Å². The summed E-state index contributed by atoms with van der Waals surface area (Å²) >= 11 is 6.95. The smallest absolute Gasteiger partial charge is 0.142 e. The third kappa shape index (κ3) is 2.75. The van der Waals surface area contributed by atoms with E-state index in [4.69, 9.17) is 5.73 Å². The zero-order valence-electron chi connectivity index (χ0n) is 8.66. The summed E-state index contributed by atoms with van der Waals surface area (Å²) in [6.45, 7) is 0. The molecule has 1 nitrogen and oxygen atoms in total. The van der Waals surface area contributed by atoms with Gasteiger partial charge in [0.15, 0.2) is 0 Å². The Bertz CT molecular complexity index is 369. The van der Waals surface area contributed by atoms with Crippen molar-refractivity contribution in [2.45, 2.75) is 11.3 Å². The molecule has 16 heavy (non-hydrogen) atoms. The quantitative estimate of drug-likeness (QED) is 0.903. The van der Waals surface area contributed by atoms with Gasteiger partial charge in [-0.05, 0) is 22.0 Å². The van der Waals surface area contributed by atoms with Crippen LogP contribution in [-0.4, -0.2) is 22.5 Å². The number of hydrogen-bond acceptors (Lipinski definition) is 3. The van der Waals surface area contributed by atoms with Crippen LogP contribution in [0.3, 0.4) is 0 Å². The number of rotatable bonds is 2. The van der Waals surface area contributed by atoms with E-state index in [0.29, 0.717) is 15.3 Å². The first-order valence-corrected chi connectivity index (χ1v) is 8.08. The lowest BCUT2D eigenvalue weighted by Crippen LogP contribution is -2.29. The second kappa shape index (κ2) is 5.76. The average molecular weight is 322 g/mol. The van der Waals surface area contributed by atoms with Crippen molar-refractivity contribution >= 4 is 39.5 Å². The van der Waals surface area contributed by atoms with Crippen molar-refractivity contribution in [1.82, 2.24) is 0 Å². The van der Waals surface area contributed by atoms with E-state index in [1.807, 2.05) is 29.6 Å². The topological polar surface area (TPSA) is 26.0 Å². The van der Waals surface area contributed by atoms with E-state index in [0.717, 1.165) is 11.5 Å². The predicted octanol–water partition coefficient (Wildman–Crippen LogP) is 3.44. The van der Waals surface area contributed by atoms with Crippen molar-refractivity contribution in [1.29, 1.82) is 0 Å². The largest absolute Gasteiger partial charge is 0.323 e. The molecule has 0 amide bonds. The molecule has 0 bridgehead atoms. The highest BCUT2D eigenvalue weighted by atomic mass is 79.9. The molecule has 2 unspecified atom stereocenters. The molecule has 1 fully saturated rings. The fourth-order valence-corrected chi connectivity index (χ4v) is 4.87. The predicted molar refractivity (Wildman–Crippen MR) is 74.6 cm³/mol. The van der Waals surface area contributed by atoms with Gasteiger partial charge in [-0.15, -0.1) is 0 Å². The van der Waals surface area contributed by atoms with Crippen molar-refractivity contribution in [3.8, 4) is 0 Å². The van der Waals surface area contributed by atoms with Crippen molar-refractivity contribution in [3.05, 3.63) is 34.1 Å². The minimum atomic E-state index is -0.217. The number of nitrogens with two attached hydrogens (primary N) is 1. The molecule has 1 aliphatic heterocycles. The van der Waals surface area contributed by atoms with Gasteiger partial charge >= 0.3 is 0 Å². The van der Waals surface area contributed by atoms with Gasteiger partial charge in [0.25, 0.3) is 0 Å². The van der Waals surface area contributed by atoms with Gasteiger partial charge in [0.1, 0.15) is 5.82 Å². The van der Waals surface area contributed by atoms with Crippen molar-refractivity contribution < 1.29 is 4.39 Å². The Kier molecular flexibility index (Phi) is 4.58. The first-order valence-electron chi connectivity index (χ1n) is 5.09. The first-order chi connectivity index (χ1) is 7.70. The molecule has 1 aliphatic rings. The van der Waals surface area contributed by atoms with Gasteiger partial charge < -0.3 is 5.73 Å². The first kappa shape index (κ1) is 12.7. The molecule has 0 aliphatic carbocycles. The average Bonchev–Trinajstić information content (AvgIpc) is 2.33. The minimum absolute atomic E-state index is 0.213. The van der Waals surface area contributed by atoms with Crippen molar-refractivity contribution in [3.63, 3.8) is 0 Å². The van der Waals surface area contributed by atoms with Gasteiger partial charge in [0.2, 0.25) is 0 Å². The SMILES string of the molecule is NC(c1cccc(Br)c1F)C1CSCCS1. The summed E-state index contributed by atoms with van der Waals surface area (Å²) in [7, 11) is 0. The van der Waals surface area contributed by atoms with Gasteiger partial charge in [-0.25, -0.2) is 4.39 Å². The van der Waals surface area contributed by atoms with Gasteiger partial charge in [0.05, 0.1) is 4.47 Å². The molecule has 2 rings (SSSR count). The fourth-order valence-electron chi connectivity index (χ4n) is 1.69. The van der Waals surface area contributed by atoms with E-state index in [2.05, 4.69) is 15.9 Å². The van der Waals surface area contributed by atoms with E-state index in [1.165, 1.54) is 5.75 Å². The van der Waals surface area contributed by atoms with Crippen molar-refractivity contribution in [2.75, 3.05) is 17.3 Å². The van der Waals surface area contributed by atoms with E-state index >= 15 is 0 Å². The number of thioether (sulfide) groups is 2. The summed E-state index contributed by atoms with van der Waals surface area (Å²) in [5, 5.41) is 0.322. The maximum atomic E-state index is 13.9. The van der Waals surface area contributed by atoms with Gasteiger partial charge in [-0.2, -0.15) is 23.5 Å². The monoisotopic (exact) mass is 321 g/mol. The summed E-state index contributed by atoms with van der Waals surface area (Å²) in [5.41, 5.74) is 6.76.